The number of aromatic hydroxyl groups is 1. The number of ether oxygens (including phenoxy) is 1. The smallest absolute Gasteiger partial charge is 0.416 e. The van der Waals surface area contributed by atoms with Crippen LogP contribution in [0.2, 0.25) is 0 Å². The predicted molar refractivity (Wildman–Crippen MR) is 165 cm³/mol. The summed E-state index contributed by atoms with van der Waals surface area (Å²) in [6.45, 7) is 5.54. The van der Waals surface area contributed by atoms with Crippen molar-refractivity contribution in [2.24, 2.45) is 17.8 Å². The average molecular weight is 671 g/mol. The number of hydrogen-bond donors (Lipinski definition) is 1. The van der Waals surface area contributed by atoms with E-state index in [-0.39, 0.29) is 24.8 Å². The molecule has 12 heteroatoms. The van der Waals surface area contributed by atoms with Crippen molar-refractivity contribution in [3.05, 3.63) is 99.4 Å². The number of carbonyl (C=O) groups is 2. The van der Waals surface area contributed by atoms with Gasteiger partial charge in [0.2, 0.25) is 11.8 Å². The highest BCUT2D eigenvalue weighted by atomic mass is 19.4. The Kier molecular flexibility index (Phi) is 8.51. The molecule has 1 N–H and O–H groups in total. The first-order chi connectivity index (χ1) is 22.5. The van der Waals surface area contributed by atoms with Gasteiger partial charge in [-0.2, -0.15) is 26.3 Å². The molecule has 0 radical (unpaired) electrons. The molecule has 4 atom stereocenters. The molecule has 2 amide bonds. The summed E-state index contributed by atoms with van der Waals surface area (Å²) in [5.41, 5.74) is 1.70. The largest absolute Gasteiger partial charge is 0.507 e. The number of anilines is 1. The third kappa shape index (κ3) is 6.13. The number of phenols is 1. The van der Waals surface area contributed by atoms with E-state index in [1.807, 2.05) is 51.1 Å². The number of carbonyl (C=O) groups excluding carboxylic acids is 2. The number of aromatic nitrogens is 1. The Hall–Kier alpha value is -4.45. The number of allylic oxidation sites excluding steroid dienone is 2. The van der Waals surface area contributed by atoms with Crippen molar-refractivity contribution in [3.8, 4) is 5.75 Å². The minimum absolute atomic E-state index is 0.0293. The van der Waals surface area contributed by atoms with Gasteiger partial charge in [0, 0.05) is 12.1 Å². The zero-order valence-corrected chi connectivity index (χ0v) is 26.2. The zero-order chi connectivity index (χ0) is 34.7. The molecular weight excluding hydrogens is 638 g/mol. The van der Waals surface area contributed by atoms with Gasteiger partial charge in [-0.1, -0.05) is 11.6 Å². The molecule has 2 fully saturated rings. The van der Waals surface area contributed by atoms with Gasteiger partial charge in [0.1, 0.15) is 5.75 Å². The predicted octanol–water partition coefficient (Wildman–Crippen LogP) is 8.30. The monoisotopic (exact) mass is 670 g/mol. The number of aryl methyl sites for hydroxylation is 2. The Balaban J connectivity index is 1.28. The molecule has 6 rings (SSSR count). The molecular formula is C36H32F6N2O4. The number of phenolic OH excluding ortho intramolecular Hbond substituents is 1. The Morgan fingerprint density at radius 2 is 1.58 bits per heavy atom. The van der Waals surface area contributed by atoms with E-state index in [4.69, 9.17) is 4.74 Å². The van der Waals surface area contributed by atoms with Gasteiger partial charge in [-0.25, -0.2) is 4.90 Å². The second-order valence-corrected chi connectivity index (χ2v) is 12.7. The number of hydrogen-bond acceptors (Lipinski definition) is 5. The van der Waals surface area contributed by atoms with Gasteiger partial charge >= 0.3 is 12.4 Å². The Labute approximate surface area is 272 Å². The first-order valence-corrected chi connectivity index (χ1v) is 15.4. The standard InChI is InChI=1S/C36H32F6N2O4/c1-18-12-26-31(34(47)44(33(26)46)25-15-23(35(37,38)39)14-24(16-25)36(40,41)42)27-17-48-29(30(18)27)8-7-22(28-6-4-5-9-43-28)13-21-10-19(2)32(45)20(3)11-21/h4-6,9-11,13-16,26-27,29,31,45H,7-8,12,17H2,1-3H3/b22-13-/t26-,27+,29-,31-/m1/s1. The van der Waals surface area contributed by atoms with Crippen LogP contribution in [-0.2, 0) is 26.7 Å². The maximum atomic E-state index is 13.8. The fraction of sp³-hybridized carbons (Fsp3) is 0.361. The molecule has 0 bridgehead atoms. The topological polar surface area (TPSA) is 79.7 Å². The van der Waals surface area contributed by atoms with Gasteiger partial charge in [-0.15, -0.1) is 0 Å². The maximum absolute atomic E-state index is 13.8. The molecule has 48 heavy (non-hydrogen) atoms. The van der Waals surface area contributed by atoms with Gasteiger partial charge in [0.25, 0.3) is 0 Å². The van der Waals surface area contributed by atoms with Gasteiger partial charge in [-0.05, 0) is 116 Å². The van der Waals surface area contributed by atoms with Gasteiger partial charge in [0.05, 0.1) is 47.1 Å². The summed E-state index contributed by atoms with van der Waals surface area (Å²) in [7, 11) is 0. The minimum Gasteiger partial charge on any atom is -0.507 e. The molecule has 2 aliphatic heterocycles. The number of fused-ring (bicyclic) bond motifs is 3. The fourth-order valence-electron chi connectivity index (χ4n) is 7.34. The summed E-state index contributed by atoms with van der Waals surface area (Å²) < 4.78 is 87.8. The minimum atomic E-state index is -5.13. The molecule has 3 heterocycles. The zero-order valence-electron chi connectivity index (χ0n) is 26.2. The Morgan fingerprint density at radius 3 is 2.17 bits per heavy atom. The van der Waals surface area contributed by atoms with Crippen LogP contribution in [0.4, 0.5) is 32.0 Å². The number of pyridine rings is 1. The molecule has 0 spiro atoms. The van der Waals surface area contributed by atoms with E-state index in [0.717, 1.165) is 39.1 Å². The third-order valence-corrected chi connectivity index (χ3v) is 9.51. The second-order valence-electron chi connectivity index (χ2n) is 12.7. The molecule has 6 nitrogen and oxygen atoms in total. The molecule has 1 aliphatic carbocycles. The van der Waals surface area contributed by atoms with Crippen LogP contribution < -0.4 is 4.90 Å². The van der Waals surface area contributed by atoms with Crippen molar-refractivity contribution in [1.82, 2.24) is 4.98 Å². The van der Waals surface area contributed by atoms with Crippen molar-refractivity contribution >= 4 is 29.2 Å². The van der Waals surface area contributed by atoms with Crippen LogP contribution in [0.3, 0.4) is 0 Å². The van der Waals surface area contributed by atoms with E-state index in [1.54, 1.807) is 12.3 Å². The van der Waals surface area contributed by atoms with Gasteiger partial charge in [-0.3, -0.25) is 14.6 Å². The Bertz CT molecular complexity index is 1790. The second kappa shape index (κ2) is 12.2. The molecule has 252 valence electrons. The lowest BCUT2D eigenvalue weighted by atomic mass is 9.70. The van der Waals surface area contributed by atoms with Gasteiger partial charge < -0.3 is 9.84 Å². The van der Waals surface area contributed by atoms with Crippen molar-refractivity contribution in [1.29, 1.82) is 0 Å². The summed E-state index contributed by atoms with van der Waals surface area (Å²) in [6, 6.07) is 10.1. The van der Waals surface area contributed by atoms with E-state index in [1.165, 1.54) is 0 Å². The van der Waals surface area contributed by atoms with Crippen LogP contribution in [-0.4, -0.2) is 34.6 Å². The van der Waals surface area contributed by atoms with Crippen LogP contribution in [0, 0.1) is 31.6 Å². The van der Waals surface area contributed by atoms with Crippen LogP contribution in [0.25, 0.3) is 11.6 Å². The number of benzene rings is 2. The summed E-state index contributed by atoms with van der Waals surface area (Å²) in [5.74, 6) is -3.88. The van der Waals surface area contributed by atoms with E-state index in [2.05, 4.69) is 4.98 Å². The number of amides is 2. The van der Waals surface area contributed by atoms with E-state index in [9.17, 15) is 41.0 Å². The molecule has 1 aromatic heterocycles. The fourth-order valence-corrected chi connectivity index (χ4v) is 7.34. The van der Waals surface area contributed by atoms with Crippen molar-refractivity contribution in [2.45, 2.75) is 58.5 Å². The number of halogens is 6. The Morgan fingerprint density at radius 1 is 0.938 bits per heavy atom. The highest BCUT2D eigenvalue weighted by molar-refractivity contribution is 6.22. The summed E-state index contributed by atoms with van der Waals surface area (Å²) in [6.07, 6.45) is -5.86. The first-order valence-electron chi connectivity index (χ1n) is 15.4. The normalized spacial score (nSPS) is 23.2. The van der Waals surface area contributed by atoms with Crippen LogP contribution in [0.5, 0.6) is 5.75 Å². The molecule has 3 aliphatic rings. The summed E-state index contributed by atoms with van der Waals surface area (Å²) >= 11 is 0. The lowest BCUT2D eigenvalue weighted by molar-refractivity contribution is -0.143. The van der Waals surface area contributed by atoms with Crippen molar-refractivity contribution < 1.29 is 45.8 Å². The average Bonchev–Trinajstić information content (AvgIpc) is 3.55. The molecule has 0 unspecified atom stereocenters. The molecule has 2 aromatic carbocycles. The lowest BCUT2D eigenvalue weighted by Crippen LogP contribution is -2.34. The van der Waals surface area contributed by atoms with Gasteiger partial charge in [0.15, 0.2) is 0 Å². The van der Waals surface area contributed by atoms with Crippen LogP contribution in [0.15, 0.2) is 65.9 Å². The summed E-state index contributed by atoms with van der Waals surface area (Å²) in [4.78, 5) is 32.4. The first kappa shape index (κ1) is 33.5. The van der Waals surface area contributed by atoms with Crippen LogP contribution >= 0.6 is 0 Å². The lowest BCUT2D eigenvalue weighted by Gasteiger charge is -2.30. The third-order valence-electron chi connectivity index (χ3n) is 9.51. The highest BCUT2D eigenvalue weighted by Gasteiger charge is 2.57. The van der Waals surface area contributed by atoms with Crippen molar-refractivity contribution in [2.75, 3.05) is 11.5 Å². The number of nitrogens with zero attached hydrogens (tertiary/aromatic N) is 2. The van der Waals surface area contributed by atoms with E-state index in [0.29, 0.717) is 29.9 Å². The number of alkyl halides is 6. The molecule has 0 saturated carbocycles. The molecule has 3 aromatic rings. The van der Waals surface area contributed by atoms with Crippen molar-refractivity contribution in [3.63, 3.8) is 0 Å². The van der Waals surface area contributed by atoms with Crippen LogP contribution in [0.1, 0.15) is 59.7 Å². The maximum Gasteiger partial charge on any atom is 0.416 e. The number of imide groups is 1. The van der Waals surface area contributed by atoms with E-state index < -0.39 is 64.8 Å². The quantitative estimate of drug-likeness (QED) is 0.162. The number of rotatable bonds is 6. The molecule has 2 saturated heterocycles. The highest BCUT2D eigenvalue weighted by Crippen LogP contribution is 2.51. The SMILES string of the molecule is CC1=C2[C@@H](CC/C(=C/c3cc(C)c(O)c(C)c3)c3ccccn3)OC[C@@H]2[C@@H]2C(=O)N(c3cc(C(F)(F)F)cc(C(F)(F)F)c3)C(=O)[C@@H]2C1. The van der Waals surface area contributed by atoms with E-state index >= 15 is 0 Å². The summed E-state index contributed by atoms with van der Waals surface area (Å²) in [5, 5.41) is 10.2.